The van der Waals surface area contributed by atoms with Crippen LogP contribution in [0, 0.1) is 0 Å². The Morgan fingerprint density at radius 1 is 1.40 bits per heavy atom. The van der Waals surface area contributed by atoms with Crippen molar-refractivity contribution in [3.05, 3.63) is 11.9 Å². The first-order valence-electron chi connectivity index (χ1n) is 5.76. The van der Waals surface area contributed by atoms with Gasteiger partial charge in [-0.05, 0) is 0 Å². The molecule has 0 radical (unpaired) electrons. The monoisotopic (exact) mass is 292 g/mol. The fourth-order valence-electron chi connectivity index (χ4n) is 1.79. The van der Waals surface area contributed by atoms with Crippen LogP contribution in [0.2, 0.25) is 0 Å². The van der Waals surface area contributed by atoms with Gasteiger partial charge in [0.2, 0.25) is 5.91 Å². The Balaban J connectivity index is 1.81. The van der Waals surface area contributed by atoms with Crippen LogP contribution in [-0.4, -0.2) is 56.1 Å². The van der Waals surface area contributed by atoms with E-state index in [-0.39, 0.29) is 24.8 Å². The molecule has 110 valence electrons. The van der Waals surface area contributed by atoms with E-state index in [0.29, 0.717) is 0 Å². The molecule has 1 aromatic rings. The van der Waals surface area contributed by atoms with Gasteiger partial charge >= 0.3 is 12.1 Å². The molecule has 7 nitrogen and oxygen atoms in total. The molecule has 0 bridgehead atoms. The van der Waals surface area contributed by atoms with E-state index in [4.69, 9.17) is 5.11 Å². The second-order valence-corrected chi connectivity index (χ2v) is 4.46. The molecule has 0 atom stereocenters. The molecular weight excluding hydrogens is 281 g/mol. The first-order chi connectivity index (χ1) is 9.26. The molecule has 0 spiro atoms. The maximum absolute atomic E-state index is 12.0. The van der Waals surface area contributed by atoms with Crippen LogP contribution in [0.15, 0.2) is 6.20 Å². The van der Waals surface area contributed by atoms with Crippen LogP contribution in [0.3, 0.4) is 0 Å². The molecule has 1 amide bonds. The number of carbonyl (C=O) groups is 2. The van der Waals surface area contributed by atoms with Crippen molar-refractivity contribution in [2.45, 2.75) is 25.1 Å². The van der Waals surface area contributed by atoms with Gasteiger partial charge in [-0.2, -0.15) is 13.2 Å². The van der Waals surface area contributed by atoms with Gasteiger partial charge in [0.1, 0.15) is 0 Å². The number of hydrogen-bond donors (Lipinski definition) is 1. The molecule has 1 aliphatic rings. The molecule has 1 saturated heterocycles. The van der Waals surface area contributed by atoms with Gasteiger partial charge in [0.25, 0.3) is 0 Å². The van der Waals surface area contributed by atoms with Gasteiger partial charge in [-0.25, -0.2) is 9.48 Å². The van der Waals surface area contributed by atoms with Crippen molar-refractivity contribution in [3.63, 3.8) is 0 Å². The van der Waals surface area contributed by atoms with Crippen LogP contribution < -0.4 is 0 Å². The number of aromatic carboxylic acids is 1. The number of hydrogen-bond acceptors (Lipinski definition) is 4. The summed E-state index contributed by atoms with van der Waals surface area (Å²) in [5.41, 5.74) is -0.216. The van der Waals surface area contributed by atoms with Crippen molar-refractivity contribution < 1.29 is 27.9 Å². The predicted molar refractivity (Wildman–Crippen MR) is 57.9 cm³/mol. The Morgan fingerprint density at radius 2 is 2.05 bits per heavy atom. The minimum Gasteiger partial charge on any atom is -0.476 e. The van der Waals surface area contributed by atoms with Crippen molar-refractivity contribution >= 4 is 11.9 Å². The van der Waals surface area contributed by atoms with Crippen LogP contribution in [-0.2, 0) is 4.79 Å². The first-order valence-corrected chi connectivity index (χ1v) is 5.76. The zero-order chi connectivity index (χ0) is 14.9. The van der Waals surface area contributed by atoms with Crippen LogP contribution in [0.5, 0.6) is 0 Å². The van der Waals surface area contributed by atoms with E-state index in [1.54, 1.807) is 0 Å². The largest absolute Gasteiger partial charge is 0.476 e. The molecule has 10 heteroatoms. The molecule has 0 aromatic carbocycles. The number of amides is 1. The van der Waals surface area contributed by atoms with Gasteiger partial charge in [-0.15, -0.1) is 5.10 Å². The highest BCUT2D eigenvalue weighted by molar-refractivity contribution is 5.84. The molecule has 1 aliphatic heterocycles. The van der Waals surface area contributed by atoms with Crippen LogP contribution in [0.25, 0.3) is 0 Å². The fraction of sp³-hybridized carbons (Fsp3) is 0.600. The normalized spacial score (nSPS) is 16.1. The lowest BCUT2D eigenvalue weighted by Gasteiger charge is -2.39. The summed E-state index contributed by atoms with van der Waals surface area (Å²) in [6.45, 7) is 0.415. The van der Waals surface area contributed by atoms with E-state index in [2.05, 4.69) is 10.3 Å². The molecule has 20 heavy (non-hydrogen) atoms. The molecule has 0 aliphatic carbocycles. The number of carboxylic acid groups (broad SMARTS) is 1. The van der Waals surface area contributed by atoms with E-state index >= 15 is 0 Å². The number of nitrogens with zero attached hydrogens (tertiary/aromatic N) is 4. The fourth-order valence-corrected chi connectivity index (χ4v) is 1.79. The lowest BCUT2D eigenvalue weighted by atomic mass is 10.1. The Bertz CT molecular complexity index is 522. The molecule has 0 saturated carbocycles. The summed E-state index contributed by atoms with van der Waals surface area (Å²) in [6.07, 6.45) is -4.83. The third kappa shape index (κ3) is 3.25. The Labute approximate surface area is 111 Å². The molecular formula is C10H11F3N4O3. The van der Waals surface area contributed by atoms with Gasteiger partial charge in [-0.1, -0.05) is 5.21 Å². The average molecular weight is 292 g/mol. The van der Waals surface area contributed by atoms with Crippen LogP contribution in [0.4, 0.5) is 13.2 Å². The third-order valence-electron chi connectivity index (χ3n) is 2.94. The number of alkyl halides is 3. The second-order valence-electron chi connectivity index (χ2n) is 4.46. The Kier molecular flexibility index (Phi) is 3.64. The number of halogens is 3. The Hall–Kier alpha value is -2.13. The molecule has 1 fully saturated rings. The average Bonchev–Trinajstić information content (AvgIpc) is 2.72. The SMILES string of the molecule is O=C(O)c1cn(C2CN(C(=O)CCC(F)(F)F)C2)nn1. The predicted octanol–water partition coefficient (Wildman–Crippen LogP) is 0.702. The molecule has 1 N–H and O–H groups in total. The van der Waals surface area contributed by atoms with E-state index in [1.807, 2.05) is 0 Å². The van der Waals surface area contributed by atoms with Crippen molar-refractivity contribution in [3.8, 4) is 0 Å². The van der Waals surface area contributed by atoms with Crippen molar-refractivity contribution in [1.29, 1.82) is 0 Å². The first kappa shape index (κ1) is 14.3. The summed E-state index contributed by atoms with van der Waals surface area (Å²) in [4.78, 5) is 23.3. The number of likely N-dealkylation sites (tertiary alicyclic amines) is 1. The summed E-state index contributed by atoms with van der Waals surface area (Å²) < 4.78 is 37.2. The van der Waals surface area contributed by atoms with Crippen molar-refractivity contribution in [1.82, 2.24) is 19.9 Å². The molecule has 0 unspecified atom stereocenters. The highest BCUT2D eigenvalue weighted by atomic mass is 19.4. The third-order valence-corrected chi connectivity index (χ3v) is 2.94. The highest BCUT2D eigenvalue weighted by Gasteiger charge is 2.35. The van der Waals surface area contributed by atoms with E-state index in [9.17, 15) is 22.8 Å². The summed E-state index contributed by atoms with van der Waals surface area (Å²) in [5, 5.41) is 15.7. The van der Waals surface area contributed by atoms with Crippen molar-refractivity contribution in [2.24, 2.45) is 0 Å². The standard InChI is InChI=1S/C10H11F3N4O3/c11-10(12,13)2-1-8(18)16-3-6(4-16)17-5-7(9(19)20)14-15-17/h5-6H,1-4H2,(H,19,20). The smallest absolute Gasteiger partial charge is 0.389 e. The quantitative estimate of drug-likeness (QED) is 0.882. The zero-order valence-corrected chi connectivity index (χ0v) is 10.2. The maximum atomic E-state index is 12.0. The van der Waals surface area contributed by atoms with E-state index in [1.165, 1.54) is 15.8 Å². The van der Waals surface area contributed by atoms with E-state index in [0.717, 1.165) is 0 Å². The minimum absolute atomic E-state index is 0.207. The second kappa shape index (κ2) is 5.10. The van der Waals surface area contributed by atoms with Gasteiger partial charge in [0.15, 0.2) is 5.69 Å². The number of aromatic nitrogens is 3. The molecule has 2 heterocycles. The van der Waals surface area contributed by atoms with Gasteiger partial charge < -0.3 is 10.0 Å². The number of rotatable bonds is 4. The highest BCUT2D eigenvalue weighted by Crippen LogP contribution is 2.25. The summed E-state index contributed by atoms with van der Waals surface area (Å²) >= 11 is 0. The number of carboxylic acids is 1. The molecule has 1 aromatic heterocycles. The van der Waals surface area contributed by atoms with Gasteiger partial charge in [0, 0.05) is 19.5 Å². The summed E-state index contributed by atoms with van der Waals surface area (Å²) in [6, 6.07) is -0.245. The number of carbonyl (C=O) groups excluding carboxylic acids is 1. The van der Waals surface area contributed by atoms with Crippen LogP contribution in [0.1, 0.15) is 29.4 Å². The van der Waals surface area contributed by atoms with E-state index < -0.39 is 30.9 Å². The zero-order valence-electron chi connectivity index (χ0n) is 10.2. The topological polar surface area (TPSA) is 88.3 Å². The Morgan fingerprint density at radius 3 is 2.55 bits per heavy atom. The van der Waals surface area contributed by atoms with Crippen LogP contribution >= 0.6 is 0 Å². The minimum atomic E-state index is -4.35. The van der Waals surface area contributed by atoms with Gasteiger partial charge in [0.05, 0.1) is 18.7 Å². The lowest BCUT2D eigenvalue weighted by molar-refractivity contribution is -0.152. The summed E-state index contributed by atoms with van der Waals surface area (Å²) in [5.74, 6) is -1.79. The molecule has 2 rings (SSSR count). The lowest BCUT2D eigenvalue weighted by Crippen LogP contribution is -2.51. The maximum Gasteiger partial charge on any atom is 0.389 e. The van der Waals surface area contributed by atoms with Gasteiger partial charge in [-0.3, -0.25) is 4.79 Å². The van der Waals surface area contributed by atoms with Crippen molar-refractivity contribution in [2.75, 3.05) is 13.1 Å². The summed E-state index contributed by atoms with van der Waals surface area (Å²) in [7, 11) is 0.